The molecule has 0 amide bonds. The average molecular weight is 157 g/mol. The van der Waals surface area contributed by atoms with Crippen molar-refractivity contribution in [3.8, 4) is 0 Å². The van der Waals surface area contributed by atoms with Gasteiger partial charge in [0.25, 0.3) is 0 Å². The van der Waals surface area contributed by atoms with Crippen molar-refractivity contribution in [2.45, 2.75) is 20.8 Å². The minimum Gasteiger partial charge on any atom is -0.227 e. The van der Waals surface area contributed by atoms with E-state index in [2.05, 4.69) is 17.7 Å². The van der Waals surface area contributed by atoms with Gasteiger partial charge < -0.3 is 0 Å². The van der Waals surface area contributed by atoms with Crippen LogP contribution in [0.2, 0.25) is 0 Å². The zero-order chi connectivity index (χ0) is 8.41. The second-order valence-corrected chi connectivity index (χ2v) is 2.03. The van der Waals surface area contributed by atoms with Crippen molar-refractivity contribution in [3.63, 3.8) is 0 Å². The van der Waals surface area contributed by atoms with Crippen LogP contribution in [-0.4, -0.2) is 6.72 Å². The van der Waals surface area contributed by atoms with E-state index < -0.39 is 0 Å². The standard InChI is InChI=1S/C6H9NS.C2H6/c1-4-6(5-2)8-7-3;1-2/h4-5H,1,3H2,2H3;1-2H3/b6-5-;. The van der Waals surface area contributed by atoms with Crippen LogP contribution in [0.1, 0.15) is 20.8 Å². The molecule has 58 valence electrons. The monoisotopic (exact) mass is 157 g/mol. The number of hydrogen-bond acceptors (Lipinski definition) is 2. The summed E-state index contributed by atoms with van der Waals surface area (Å²) in [5, 5.41) is 0. The van der Waals surface area contributed by atoms with Crippen molar-refractivity contribution in [3.05, 3.63) is 23.6 Å². The molecule has 0 rings (SSSR count). The molecule has 0 saturated heterocycles. The lowest BCUT2D eigenvalue weighted by Crippen LogP contribution is -1.60. The molecule has 0 heterocycles. The number of rotatable bonds is 3. The minimum absolute atomic E-state index is 1.04. The fourth-order valence-electron chi connectivity index (χ4n) is 0.282. The zero-order valence-corrected chi connectivity index (χ0v) is 7.74. The Balaban J connectivity index is 0. The van der Waals surface area contributed by atoms with Crippen molar-refractivity contribution in [2.24, 2.45) is 4.40 Å². The predicted octanol–water partition coefficient (Wildman–Crippen LogP) is 3.45. The van der Waals surface area contributed by atoms with Crippen molar-refractivity contribution >= 4 is 18.7 Å². The molecule has 0 aromatic rings. The Hall–Kier alpha value is -0.500. The zero-order valence-electron chi connectivity index (χ0n) is 6.92. The summed E-state index contributed by atoms with van der Waals surface area (Å²) in [5.41, 5.74) is 0. The first-order chi connectivity index (χ1) is 4.85. The lowest BCUT2D eigenvalue weighted by atomic mass is 10.5. The molecule has 0 atom stereocenters. The van der Waals surface area contributed by atoms with E-state index in [1.165, 1.54) is 11.9 Å². The molecule has 0 spiro atoms. The summed E-state index contributed by atoms with van der Waals surface area (Å²) in [6.45, 7) is 12.8. The molecular formula is C8H15NS. The first-order valence-corrected chi connectivity index (χ1v) is 4.04. The van der Waals surface area contributed by atoms with Crippen molar-refractivity contribution in [2.75, 3.05) is 0 Å². The maximum atomic E-state index is 3.60. The molecule has 0 saturated carbocycles. The summed E-state index contributed by atoms with van der Waals surface area (Å²) in [6.07, 6.45) is 3.69. The summed E-state index contributed by atoms with van der Waals surface area (Å²) in [7, 11) is 0. The lowest BCUT2D eigenvalue weighted by molar-refractivity contribution is 1.50. The Kier molecular flexibility index (Phi) is 13.8. The van der Waals surface area contributed by atoms with Gasteiger partial charge in [0, 0.05) is 16.9 Å². The van der Waals surface area contributed by atoms with Gasteiger partial charge in [0.1, 0.15) is 0 Å². The highest BCUT2D eigenvalue weighted by atomic mass is 32.2. The Morgan fingerprint density at radius 1 is 1.50 bits per heavy atom. The van der Waals surface area contributed by atoms with Gasteiger partial charge in [-0.05, 0) is 13.6 Å². The SMILES string of the molecule is C=C/C(=C/C)SN=C.CC. The van der Waals surface area contributed by atoms with Gasteiger partial charge in [-0.25, -0.2) is 4.40 Å². The van der Waals surface area contributed by atoms with E-state index in [4.69, 9.17) is 0 Å². The fourth-order valence-corrected chi connectivity index (χ4v) is 0.611. The van der Waals surface area contributed by atoms with Crippen LogP contribution in [0.5, 0.6) is 0 Å². The van der Waals surface area contributed by atoms with E-state index in [1.807, 2.05) is 26.8 Å². The lowest BCUT2D eigenvalue weighted by Gasteiger charge is -1.88. The molecule has 0 aliphatic rings. The highest BCUT2D eigenvalue weighted by Crippen LogP contribution is 2.15. The van der Waals surface area contributed by atoms with Gasteiger partial charge in [-0.3, -0.25) is 0 Å². The molecule has 0 aromatic carbocycles. The molecule has 0 aliphatic carbocycles. The van der Waals surface area contributed by atoms with Gasteiger partial charge in [0.05, 0.1) is 0 Å². The van der Waals surface area contributed by atoms with Gasteiger partial charge in [0.15, 0.2) is 0 Å². The third-order valence-corrected chi connectivity index (χ3v) is 1.40. The maximum absolute atomic E-state index is 3.60. The van der Waals surface area contributed by atoms with E-state index in [0.29, 0.717) is 0 Å². The van der Waals surface area contributed by atoms with E-state index in [-0.39, 0.29) is 0 Å². The first-order valence-electron chi connectivity index (χ1n) is 3.27. The van der Waals surface area contributed by atoms with Crippen molar-refractivity contribution in [1.82, 2.24) is 0 Å². The predicted molar refractivity (Wildman–Crippen MR) is 52.4 cm³/mol. The van der Waals surface area contributed by atoms with Gasteiger partial charge in [0.2, 0.25) is 0 Å². The molecule has 0 unspecified atom stereocenters. The van der Waals surface area contributed by atoms with Gasteiger partial charge in [-0.15, -0.1) is 0 Å². The number of allylic oxidation sites excluding steroid dienone is 2. The number of hydrogen-bond donors (Lipinski definition) is 0. The highest BCUT2D eigenvalue weighted by Gasteiger charge is 1.82. The molecule has 0 aromatic heterocycles. The summed E-state index contributed by atoms with van der Waals surface area (Å²) in [4.78, 5) is 1.04. The van der Waals surface area contributed by atoms with Gasteiger partial charge >= 0.3 is 0 Å². The van der Waals surface area contributed by atoms with Crippen LogP contribution in [0.25, 0.3) is 0 Å². The number of nitrogens with zero attached hydrogens (tertiary/aromatic N) is 1. The largest absolute Gasteiger partial charge is 0.227 e. The Morgan fingerprint density at radius 3 is 2.10 bits per heavy atom. The summed E-state index contributed by atoms with van der Waals surface area (Å²) in [5.74, 6) is 0. The molecule has 2 heteroatoms. The van der Waals surface area contributed by atoms with Crippen LogP contribution in [0.15, 0.2) is 28.0 Å². The van der Waals surface area contributed by atoms with Crippen LogP contribution >= 0.6 is 11.9 Å². The topological polar surface area (TPSA) is 12.4 Å². The molecule has 0 fully saturated rings. The van der Waals surface area contributed by atoms with E-state index in [9.17, 15) is 0 Å². The Labute approximate surface area is 68.1 Å². The Bertz CT molecular complexity index is 116. The molecule has 1 nitrogen and oxygen atoms in total. The minimum atomic E-state index is 1.04. The third-order valence-electron chi connectivity index (χ3n) is 0.656. The normalized spacial score (nSPS) is 9.30. The molecule has 0 aliphatic heterocycles. The summed E-state index contributed by atoms with van der Waals surface area (Å²) >= 11 is 1.33. The summed E-state index contributed by atoms with van der Waals surface area (Å²) < 4.78 is 3.60. The highest BCUT2D eigenvalue weighted by molar-refractivity contribution is 8.02. The molecule has 0 N–H and O–H groups in total. The van der Waals surface area contributed by atoms with Crippen LogP contribution in [0.3, 0.4) is 0 Å². The second-order valence-electron chi connectivity index (χ2n) is 1.12. The van der Waals surface area contributed by atoms with Crippen LogP contribution in [0.4, 0.5) is 0 Å². The molecular weight excluding hydrogens is 142 g/mol. The second kappa shape index (κ2) is 11.3. The first kappa shape index (κ1) is 12.2. The molecule has 0 bridgehead atoms. The smallest absolute Gasteiger partial charge is 0.0256 e. The molecule has 10 heavy (non-hydrogen) atoms. The van der Waals surface area contributed by atoms with Crippen LogP contribution in [-0.2, 0) is 0 Å². The van der Waals surface area contributed by atoms with E-state index in [1.54, 1.807) is 6.08 Å². The van der Waals surface area contributed by atoms with E-state index >= 15 is 0 Å². The van der Waals surface area contributed by atoms with Gasteiger partial charge in [-0.2, -0.15) is 0 Å². The van der Waals surface area contributed by atoms with Gasteiger partial charge in [-0.1, -0.05) is 32.6 Å². The Morgan fingerprint density at radius 2 is 2.00 bits per heavy atom. The summed E-state index contributed by atoms with van der Waals surface area (Å²) in [6, 6.07) is 0. The van der Waals surface area contributed by atoms with Crippen LogP contribution < -0.4 is 0 Å². The maximum Gasteiger partial charge on any atom is 0.0256 e. The fraction of sp³-hybridized carbons (Fsp3) is 0.375. The van der Waals surface area contributed by atoms with Crippen LogP contribution in [0, 0.1) is 0 Å². The average Bonchev–Trinajstić information content (AvgIpc) is 2.04. The van der Waals surface area contributed by atoms with Crippen molar-refractivity contribution in [1.29, 1.82) is 0 Å². The third kappa shape index (κ3) is 7.50. The quantitative estimate of drug-likeness (QED) is 0.347. The molecule has 0 radical (unpaired) electrons. The van der Waals surface area contributed by atoms with Crippen molar-refractivity contribution < 1.29 is 0 Å². The van der Waals surface area contributed by atoms with E-state index in [0.717, 1.165) is 4.91 Å².